The Morgan fingerprint density at radius 3 is 2.38 bits per heavy atom. The zero-order chi connectivity index (χ0) is 16.2. The van der Waals surface area contributed by atoms with Crippen LogP contribution in [-0.4, -0.2) is 4.98 Å². The number of ether oxygens (including phenoxy) is 1. The molecule has 0 spiro atoms. The van der Waals surface area contributed by atoms with Crippen LogP contribution in [0.3, 0.4) is 0 Å². The van der Waals surface area contributed by atoms with Crippen LogP contribution in [0.15, 0.2) is 78.9 Å². The van der Waals surface area contributed by atoms with Crippen molar-refractivity contribution in [1.29, 1.82) is 0 Å². The van der Waals surface area contributed by atoms with E-state index < -0.39 is 0 Å². The molecule has 0 radical (unpaired) electrons. The molecule has 0 aliphatic heterocycles. The molecule has 0 fully saturated rings. The van der Waals surface area contributed by atoms with Gasteiger partial charge < -0.3 is 10.1 Å². The number of nitrogens with zero attached hydrogens (tertiary/aromatic N) is 1. The number of aromatic nitrogens is 1. The van der Waals surface area contributed by atoms with Crippen molar-refractivity contribution in [3.63, 3.8) is 0 Å². The van der Waals surface area contributed by atoms with E-state index in [-0.39, 0.29) is 0 Å². The fourth-order valence-corrected chi connectivity index (χ4v) is 3.33. The average molecular weight is 332 g/mol. The molecule has 3 aromatic carbocycles. The maximum Gasteiger partial charge on any atom is 0.184 e. The monoisotopic (exact) mass is 332 g/mol. The number of para-hydroxylation sites is 1. The summed E-state index contributed by atoms with van der Waals surface area (Å²) >= 11 is 1.64. The predicted molar refractivity (Wildman–Crippen MR) is 99.9 cm³/mol. The Kier molecular flexibility index (Phi) is 4.13. The zero-order valence-corrected chi connectivity index (χ0v) is 13.8. The van der Waals surface area contributed by atoms with Gasteiger partial charge in [-0.3, -0.25) is 0 Å². The Bertz CT molecular complexity index is 936. The molecule has 0 amide bonds. The molecule has 24 heavy (non-hydrogen) atoms. The summed E-state index contributed by atoms with van der Waals surface area (Å²) in [5.74, 6) is 1.66. The molecule has 0 aliphatic rings. The number of thiazole rings is 1. The van der Waals surface area contributed by atoms with Crippen molar-refractivity contribution in [2.45, 2.75) is 6.54 Å². The highest BCUT2D eigenvalue weighted by atomic mass is 32.1. The van der Waals surface area contributed by atoms with Crippen LogP contribution in [0.4, 0.5) is 5.13 Å². The van der Waals surface area contributed by atoms with E-state index in [1.165, 1.54) is 5.56 Å². The topological polar surface area (TPSA) is 34.2 Å². The highest BCUT2D eigenvalue weighted by Gasteiger charge is 2.06. The Labute approximate surface area is 144 Å². The Morgan fingerprint density at radius 1 is 0.833 bits per heavy atom. The van der Waals surface area contributed by atoms with Gasteiger partial charge in [-0.15, -0.1) is 0 Å². The zero-order valence-electron chi connectivity index (χ0n) is 13.0. The van der Waals surface area contributed by atoms with Crippen molar-refractivity contribution in [3.8, 4) is 11.5 Å². The first-order chi connectivity index (χ1) is 11.9. The number of benzene rings is 3. The minimum absolute atomic E-state index is 0.772. The van der Waals surface area contributed by atoms with Crippen LogP contribution in [0.25, 0.3) is 10.2 Å². The van der Waals surface area contributed by atoms with E-state index in [1.54, 1.807) is 11.3 Å². The van der Waals surface area contributed by atoms with Crippen LogP contribution in [0, 0.1) is 0 Å². The van der Waals surface area contributed by atoms with E-state index in [1.807, 2.05) is 66.7 Å². The molecule has 0 aliphatic carbocycles. The third kappa shape index (κ3) is 3.39. The van der Waals surface area contributed by atoms with Crippen molar-refractivity contribution in [3.05, 3.63) is 84.4 Å². The smallest absolute Gasteiger partial charge is 0.184 e. The lowest BCUT2D eigenvalue weighted by atomic mass is 10.2. The van der Waals surface area contributed by atoms with Crippen LogP contribution in [0.1, 0.15) is 5.56 Å². The number of nitrogens with one attached hydrogen (secondary N) is 1. The van der Waals surface area contributed by atoms with Gasteiger partial charge in [0.1, 0.15) is 11.5 Å². The fraction of sp³-hybridized carbons (Fsp3) is 0.0500. The molecule has 0 saturated heterocycles. The molecule has 4 rings (SSSR count). The van der Waals surface area contributed by atoms with E-state index >= 15 is 0 Å². The van der Waals surface area contributed by atoms with E-state index in [0.29, 0.717) is 0 Å². The van der Waals surface area contributed by atoms with Gasteiger partial charge in [-0.05, 0) is 29.8 Å². The van der Waals surface area contributed by atoms with E-state index in [9.17, 15) is 0 Å². The van der Waals surface area contributed by atoms with Crippen molar-refractivity contribution < 1.29 is 4.74 Å². The SMILES string of the molecule is c1ccc(CNc2nc3ccc(Oc4ccccc4)cc3s2)cc1. The molecule has 1 aromatic heterocycles. The maximum absolute atomic E-state index is 5.88. The van der Waals surface area contributed by atoms with Gasteiger partial charge in [0.05, 0.1) is 10.2 Å². The summed E-state index contributed by atoms with van der Waals surface area (Å²) in [6.07, 6.45) is 0. The van der Waals surface area contributed by atoms with Gasteiger partial charge in [-0.2, -0.15) is 0 Å². The van der Waals surface area contributed by atoms with E-state index in [2.05, 4.69) is 22.4 Å². The van der Waals surface area contributed by atoms with Crippen molar-refractivity contribution >= 4 is 26.7 Å². The van der Waals surface area contributed by atoms with Gasteiger partial charge in [0.2, 0.25) is 0 Å². The summed E-state index contributed by atoms with van der Waals surface area (Å²) < 4.78 is 6.99. The molecule has 1 heterocycles. The number of anilines is 1. The first-order valence-electron chi connectivity index (χ1n) is 7.78. The lowest BCUT2D eigenvalue weighted by Crippen LogP contribution is -1.97. The molecule has 4 aromatic rings. The summed E-state index contributed by atoms with van der Waals surface area (Å²) in [5.41, 5.74) is 2.22. The van der Waals surface area contributed by atoms with Crippen LogP contribution in [0.2, 0.25) is 0 Å². The number of rotatable bonds is 5. The molecule has 0 atom stereocenters. The molecule has 118 valence electrons. The number of hydrogen-bond acceptors (Lipinski definition) is 4. The van der Waals surface area contributed by atoms with Gasteiger partial charge >= 0.3 is 0 Å². The second-order valence-corrected chi connectivity index (χ2v) is 6.43. The number of fused-ring (bicyclic) bond motifs is 1. The molecule has 3 nitrogen and oxygen atoms in total. The van der Waals surface area contributed by atoms with Gasteiger partial charge in [-0.1, -0.05) is 59.9 Å². The van der Waals surface area contributed by atoms with Gasteiger partial charge in [0, 0.05) is 12.6 Å². The quantitative estimate of drug-likeness (QED) is 0.509. The summed E-state index contributed by atoms with van der Waals surface area (Å²) in [7, 11) is 0. The van der Waals surface area contributed by atoms with E-state index in [0.717, 1.165) is 33.4 Å². The molecule has 0 saturated carbocycles. The Morgan fingerprint density at radius 2 is 1.58 bits per heavy atom. The van der Waals surface area contributed by atoms with E-state index in [4.69, 9.17) is 4.74 Å². The molecule has 1 N–H and O–H groups in total. The van der Waals surface area contributed by atoms with Crippen LogP contribution < -0.4 is 10.1 Å². The minimum Gasteiger partial charge on any atom is -0.457 e. The Hall–Kier alpha value is -2.85. The first-order valence-corrected chi connectivity index (χ1v) is 8.60. The largest absolute Gasteiger partial charge is 0.457 e. The summed E-state index contributed by atoms with van der Waals surface area (Å²) in [4.78, 5) is 4.63. The molecule has 0 bridgehead atoms. The lowest BCUT2D eigenvalue weighted by Gasteiger charge is -2.04. The highest BCUT2D eigenvalue weighted by molar-refractivity contribution is 7.22. The standard InChI is InChI=1S/C20H16N2OS/c1-3-7-15(8-4-1)14-21-20-22-18-12-11-17(13-19(18)24-20)23-16-9-5-2-6-10-16/h1-13H,14H2,(H,21,22). The summed E-state index contributed by atoms with van der Waals surface area (Å²) in [6, 6.07) is 26.1. The Balaban J connectivity index is 1.51. The van der Waals surface area contributed by atoms with Crippen LogP contribution in [-0.2, 0) is 6.54 Å². The second kappa shape index (κ2) is 6.72. The predicted octanol–water partition coefficient (Wildman–Crippen LogP) is 5.70. The minimum atomic E-state index is 0.772. The molecule has 0 unspecified atom stereocenters. The van der Waals surface area contributed by atoms with Crippen molar-refractivity contribution in [1.82, 2.24) is 4.98 Å². The average Bonchev–Trinajstić information content (AvgIpc) is 3.04. The molecular formula is C20H16N2OS. The lowest BCUT2D eigenvalue weighted by molar-refractivity contribution is 0.483. The van der Waals surface area contributed by atoms with Crippen molar-refractivity contribution in [2.24, 2.45) is 0 Å². The normalized spacial score (nSPS) is 10.7. The highest BCUT2D eigenvalue weighted by Crippen LogP contribution is 2.31. The second-order valence-electron chi connectivity index (χ2n) is 5.40. The molecular weight excluding hydrogens is 316 g/mol. The van der Waals surface area contributed by atoms with Crippen molar-refractivity contribution in [2.75, 3.05) is 5.32 Å². The summed E-state index contributed by atoms with van der Waals surface area (Å²) in [6.45, 7) is 0.772. The molecule has 4 heteroatoms. The van der Waals surface area contributed by atoms with Crippen LogP contribution in [0.5, 0.6) is 11.5 Å². The first kappa shape index (κ1) is 14.7. The van der Waals surface area contributed by atoms with Crippen LogP contribution >= 0.6 is 11.3 Å². The van der Waals surface area contributed by atoms with Gasteiger partial charge in [0.15, 0.2) is 5.13 Å². The van der Waals surface area contributed by atoms with Gasteiger partial charge in [0.25, 0.3) is 0 Å². The third-order valence-corrected chi connectivity index (χ3v) is 4.60. The maximum atomic E-state index is 5.88. The van der Waals surface area contributed by atoms with Gasteiger partial charge in [-0.25, -0.2) is 4.98 Å². The fourth-order valence-electron chi connectivity index (χ4n) is 2.44. The summed E-state index contributed by atoms with van der Waals surface area (Å²) in [5, 5.41) is 4.31. The third-order valence-electron chi connectivity index (χ3n) is 3.63. The number of hydrogen-bond donors (Lipinski definition) is 1.